The molecular formula is C12H13NO4S. The molecule has 0 radical (unpaired) electrons. The summed E-state index contributed by atoms with van der Waals surface area (Å²) in [5.74, 6) is -1.37. The second-order valence-electron chi connectivity index (χ2n) is 4.52. The Labute approximate surface area is 104 Å². The zero-order chi connectivity index (χ0) is 13.6. The van der Waals surface area contributed by atoms with Crippen molar-refractivity contribution in [3.63, 3.8) is 0 Å². The number of carboxylic acids is 1. The fraction of sp³-hybridized carbons (Fsp3) is 0.250. The molecule has 0 atom stereocenters. The van der Waals surface area contributed by atoms with Crippen LogP contribution in [0.4, 0.5) is 0 Å². The number of H-pyrrole nitrogens is 1. The van der Waals surface area contributed by atoms with Gasteiger partial charge in [0, 0.05) is 17.1 Å². The SMILES string of the molecule is CC(C)(C(=O)O)S(=O)(=O)c1c[nH]c2ccccc12. The number of fused-ring (bicyclic) bond motifs is 1. The highest BCUT2D eigenvalue weighted by atomic mass is 32.2. The lowest BCUT2D eigenvalue weighted by Gasteiger charge is -2.19. The van der Waals surface area contributed by atoms with Crippen LogP contribution in [-0.4, -0.2) is 29.2 Å². The highest BCUT2D eigenvalue weighted by Crippen LogP contribution is 2.31. The van der Waals surface area contributed by atoms with Gasteiger partial charge in [0.1, 0.15) is 0 Å². The Kier molecular flexibility index (Phi) is 2.70. The van der Waals surface area contributed by atoms with Gasteiger partial charge in [-0.05, 0) is 19.9 Å². The third-order valence-corrected chi connectivity index (χ3v) is 5.46. The minimum atomic E-state index is -3.95. The number of hydrogen-bond acceptors (Lipinski definition) is 3. The van der Waals surface area contributed by atoms with Crippen LogP contribution in [0.2, 0.25) is 0 Å². The quantitative estimate of drug-likeness (QED) is 0.887. The Morgan fingerprint density at radius 1 is 1.28 bits per heavy atom. The highest BCUT2D eigenvalue weighted by Gasteiger charge is 2.44. The molecule has 0 aliphatic heterocycles. The molecule has 0 bridgehead atoms. The third-order valence-electron chi connectivity index (χ3n) is 3.03. The average molecular weight is 267 g/mol. The molecular weight excluding hydrogens is 254 g/mol. The summed E-state index contributed by atoms with van der Waals surface area (Å²) in [5.41, 5.74) is 0.664. The molecule has 0 amide bonds. The van der Waals surface area contributed by atoms with Gasteiger partial charge in [-0.25, -0.2) is 8.42 Å². The summed E-state index contributed by atoms with van der Waals surface area (Å²) in [4.78, 5) is 14.0. The molecule has 18 heavy (non-hydrogen) atoms. The Bertz CT molecular complexity index is 713. The molecule has 0 aliphatic rings. The molecule has 0 saturated carbocycles. The Hall–Kier alpha value is -1.82. The van der Waals surface area contributed by atoms with E-state index in [-0.39, 0.29) is 4.90 Å². The Morgan fingerprint density at radius 3 is 2.50 bits per heavy atom. The largest absolute Gasteiger partial charge is 0.480 e. The highest BCUT2D eigenvalue weighted by molar-refractivity contribution is 7.93. The number of nitrogens with one attached hydrogen (secondary N) is 1. The molecule has 1 aromatic carbocycles. The van der Waals surface area contributed by atoms with Gasteiger partial charge in [0.05, 0.1) is 4.90 Å². The first-order valence-electron chi connectivity index (χ1n) is 5.32. The van der Waals surface area contributed by atoms with Crippen LogP contribution in [0.5, 0.6) is 0 Å². The number of aromatic amines is 1. The number of carboxylic acid groups (broad SMARTS) is 1. The van der Waals surface area contributed by atoms with Crippen molar-refractivity contribution >= 4 is 26.7 Å². The van der Waals surface area contributed by atoms with Gasteiger partial charge in [-0.15, -0.1) is 0 Å². The van der Waals surface area contributed by atoms with E-state index in [4.69, 9.17) is 5.11 Å². The van der Waals surface area contributed by atoms with E-state index >= 15 is 0 Å². The first kappa shape index (κ1) is 12.6. The van der Waals surface area contributed by atoms with E-state index in [2.05, 4.69) is 4.98 Å². The van der Waals surface area contributed by atoms with Gasteiger partial charge >= 0.3 is 5.97 Å². The second-order valence-corrected chi connectivity index (χ2v) is 6.98. The molecule has 96 valence electrons. The number of aromatic nitrogens is 1. The maximum Gasteiger partial charge on any atom is 0.324 e. The summed E-state index contributed by atoms with van der Waals surface area (Å²) >= 11 is 0. The van der Waals surface area contributed by atoms with Crippen molar-refractivity contribution in [3.05, 3.63) is 30.5 Å². The number of carbonyl (C=O) groups is 1. The van der Waals surface area contributed by atoms with Gasteiger partial charge in [0.2, 0.25) is 0 Å². The predicted octanol–water partition coefficient (Wildman–Crippen LogP) is 1.80. The summed E-state index contributed by atoms with van der Waals surface area (Å²) in [6.07, 6.45) is 1.34. The number of hydrogen-bond donors (Lipinski definition) is 2. The molecule has 0 unspecified atom stereocenters. The third kappa shape index (κ3) is 1.60. The molecule has 0 fully saturated rings. The van der Waals surface area contributed by atoms with Crippen LogP contribution in [0.15, 0.2) is 35.4 Å². The van der Waals surface area contributed by atoms with Crippen LogP contribution in [0.3, 0.4) is 0 Å². The van der Waals surface area contributed by atoms with Crippen molar-refractivity contribution < 1.29 is 18.3 Å². The maximum atomic E-state index is 12.4. The van der Waals surface area contributed by atoms with Crippen LogP contribution in [0.25, 0.3) is 10.9 Å². The van der Waals surface area contributed by atoms with Crippen molar-refractivity contribution in [2.24, 2.45) is 0 Å². The van der Waals surface area contributed by atoms with E-state index in [1.807, 2.05) is 0 Å². The predicted molar refractivity (Wildman–Crippen MR) is 67.2 cm³/mol. The molecule has 6 heteroatoms. The monoisotopic (exact) mass is 267 g/mol. The molecule has 2 aromatic rings. The van der Waals surface area contributed by atoms with Crippen LogP contribution >= 0.6 is 0 Å². The summed E-state index contributed by atoms with van der Waals surface area (Å²) in [7, 11) is -3.95. The fourth-order valence-electron chi connectivity index (χ4n) is 1.66. The average Bonchev–Trinajstić information content (AvgIpc) is 2.72. The van der Waals surface area contributed by atoms with Gasteiger partial charge in [0.15, 0.2) is 14.6 Å². The maximum absolute atomic E-state index is 12.4. The topological polar surface area (TPSA) is 87.2 Å². The molecule has 0 aliphatic carbocycles. The first-order chi connectivity index (χ1) is 8.28. The van der Waals surface area contributed by atoms with E-state index in [9.17, 15) is 13.2 Å². The van der Waals surface area contributed by atoms with Crippen LogP contribution in [-0.2, 0) is 14.6 Å². The van der Waals surface area contributed by atoms with Crippen molar-refractivity contribution in [2.45, 2.75) is 23.5 Å². The lowest BCUT2D eigenvalue weighted by atomic mass is 10.2. The van der Waals surface area contributed by atoms with Crippen molar-refractivity contribution in [3.8, 4) is 0 Å². The van der Waals surface area contributed by atoms with E-state index < -0.39 is 20.6 Å². The molecule has 0 spiro atoms. The lowest BCUT2D eigenvalue weighted by Crippen LogP contribution is -2.40. The van der Waals surface area contributed by atoms with Crippen molar-refractivity contribution in [2.75, 3.05) is 0 Å². The molecule has 1 heterocycles. The number of para-hydroxylation sites is 1. The van der Waals surface area contributed by atoms with E-state index in [0.29, 0.717) is 10.9 Å². The second kappa shape index (κ2) is 3.84. The summed E-state index contributed by atoms with van der Waals surface area (Å²) in [6, 6.07) is 6.87. The molecule has 1 aromatic heterocycles. The minimum absolute atomic E-state index is 0.0190. The standard InChI is InChI=1S/C12H13NO4S/c1-12(2,11(14)15)18(16,17)10-7-13-9-6-4-3-5-8(9)10/h3-7,13H,1-2H3,(H,14,15). The minimum Gasteiger partial charge on any atom is -0.480 e. The van der Waals surface area contributed by atoms with Crippen molar-refractivity contribution in [1.29, 1.82) is 0 Å². The molecule has 2 rings (SSSR count). The van der Waals surface area contributed by atoms with Gasteiger partial charge in [-0.3, -0.25) is 4.79 Å². The number of sulfone groups is 1. The van der Waals surface area contributed by atoms with Gasteiger partial charge in [-0.2, -0.15) is 0 Å². The summed E-state index contributed by atoms with van der Waals surface area (Å²) in [5, 5.41) is 9.56. The van der Waals surface area contributed by atoms with E-state index in [0.717, 1.165) is 0 Å². The number of benzene rings is 1. The molecule has 5 nitrogen and oxygen atoms in total. The van der Waals surface area contributed by atoms with Gasteiger partial charge in [-0.1, -0.05) is 18.2 Å². The van der Waals surface area contributed by atoms with E-state index in [1.54, 1.807) is 24.3 Å². The van der Waals surface area contributed by atoms with Crippen LogP contribution in [0, 0.1) is 0 Å². The van der Waals surface area contributed by atoms with Gasteiger partial charge in [0.25, 0.3) is 0 Å². The fourth-order valence-corrected chi connectivity index (χ4v) is 3.12. The Morgan fingerprint density at radius 2 is 1.89 bits per heavy atom. The number of rotatable bonds is 3. The summed E-state index contributed by atoms with van der Waals surface area (Å²) in [6.45, 7) is 2.37. The Balaban J connectivity index is 2.72. The normalized spacial score (nSPS) is 12.8. The lowest BCUT2D eigenvalue weighted by molar-refractivity contribution is -0.139. The van der Waals surface area contributed by atoms with Crippen LogP contribution in [0.1, 0.15) is 13.8 Å². The first-order valence-corrected chi connectivity index (χ1v) is 6.81. The smallest absolute Gasteiger partial charge is 0.324 e. The number of aliphatic carboxylic acids is 1. The zero-order valence-corrected chi connectivity index (χ0v) is 10.8. The van der Waals surface area contributed by atoms with E-state index in [1.165, 1.54) is 20.0 Å². The summed E-state index contributed by atoms with van der Waals surface area (Å²) < 4.78 is 22.9. The van der Waals surface area contributed by atoms with Crippen molar-refractivity contribution in [1.82, 2.24) is 4.98 Å². The molecule has 2 N–H and O–H groups in total. The van der Waals surface area contributed by atoms with Crippen LogP contribution < -0.4 is 0 Å². The molecule has 0 saturated heterocycles. The zero-order valence-electron chi connectivity index (χ0n) is 9.97. The van der Waals surface area contributed by atoms with Gasteiger partial charge < -0.3 is 10.1 Å².